The Hall–Kier alpha value is -2.46. The summed E-state index contributed by atoms with van der Waals surface area (Å²) in [4.78, 5) is -2.28. The van der Waals surface area contributed by atoms with Crippen molar-refractivity contribution in [3.63, 3.8) is 0 Å². The second-order valence-electron chi connectivity index (χ2n) is 7.73. The summed E-state index contributed by atoms with van der Waals surface area (Å²) in [7, 11) is -1.25. The molecule has 3 aromatic carbocycles. The number of halogens is 2. The first kappa shape index (κ1) is 26.2. The number of methoxy groups -OCH3 is 2. The van der Waals surface area contributed by atoms with Crippen molar-refractivity contribution in [1.82, 2.24) is 4.31 Å². The Morgan fingerprint density at radius 1 is 0.912 bits per heavy atom. The van der Waals surface area contributed by atoms with Crippen molar-refractivity contribution in [2.75, 3.05) is 14.2 Å². The van der Waals surface area contributed by atoms with Gasteiger partial charge in [-0.3, -0.25) is 0 Å². The van der Waals surface area contributed by atoms with E-state index in [-0.39, 0.29) is 29.5 Å². The highest BCUT2D eigenvalue weighted by molar-refractivity contribution is 9.10. The van der Waals surface area contributed by atoms with E-state index in [0.717, 1.165) is 23.3 Å². The molecule has 182 valence electrons. The number of benzene rings is 3. The Balaban J connectivity index is 2.06. The van der Waals surface area contributed by atoms with Crippen molar-refractivity contribution in [2.45, 2.75) is 31.4 Å². The van der Waals surface area contributed by atoms with E-state index < -0.39 is 20.8 Å². The van der Waals surface area contributed by atoms with Crippen molar-refractivity contribution in [1.29, 1.82) is 0 Å². The second-order valence-corrected chi connectivity index (χ2v) is 10.7. The van der Waals surface area contributed by atoms with Crippen LogP contribution < -0.4 is 9.47 Å². The fourth-order valence-corrected chi connectivity index (χ4v) is 6.32. The van der Waals surface area contributed by atoms with Gasteiger partial charge in [-0.2, -0.15) is 4.31 Å². The van der Waals surface area contributed by atoms with Gasteiger partial charge in [-0.25, -0.2) is 12.8 Å². The number of rotatable bonds is 10. The van der Waals surface area contributed by atoms with Gasteiger partial charge in [-0.05, 0) is 53.9 Å². The lowest BCUT2D eigenvalue weighted by Gasteiger charge is -2.34. The summed E-state index contributed by atoms with van der Waals surface area (Å²) >= 11 is 3.22. The van der Waals surface area contributed by atoms with Gasteiger partial charge >= 0.3 is 0 Å². The van der Waals surface area contributed by atoms with Crippen LogP contribution in [-0.2, 0) is 28.0 Å². The van der Waals surface area contributed by atoms with Gasteiger partial charge in [0.05, 0.1) is 14.2 Å². The summed E-state index contributed by atoms with van der Waals surface area (Å²) in [5, 5.41) is 11.6. The standard InChI is InChI=1S/C25H27BrFNO5S/c1-4-25(29,23-14-9-20(27)15-24(23)26)34(30,31)28(16-18-5-10-21(32-2)11-6-18)17-19-7-12-22(33-3)13-8-19/h5-15,29H,4,16-17H2,1-3H3. The maximum Gasteiger partial charge on any atom is 0.249 e. The lowest BCUT2D eigenvalue weighted by molar-refractivity contribution is 0.108. The largest absolute Gasteiger partial charge is 0.497 e. The lowest BCUT2D eigenvalue weighted by atomic mass is 10.1. The SMILES string of the molecule is CCC(O)(c1ccc(F)cc1Br)S(=O)(=O)N(Cc1ccc(OC)cc1)Cc1ccc(OC)cc1. The van der Waals surface area contributed by atoms with Crippen LogP contribution in [0.4, 0.5) is 4.39 Å². The first-order valence-electron chi connectivity index (χ1n) is 10.6. The Kier molecular flexibility index (Phi) is 8.35. The van der Waals surface area contributed by atoms with Gasteiger partial charge in [-0.1, -0.05) is 53.2 Å². The highest BCUT2D eigenvalue weighted by Gasteiger charge is 2.47. The van der Waals surface area contributed by atoms with Gasteiger partial charge in [0.1, 0.15) is 17.3 Å². The molecule has 1 unspecified atom stereocenters. The summed E-state index contributed by atoms with van der Waals surface area (Å²) in [6, 6.07) is 17.6. The first-order chi connectivity index (χ1) is 16.1. The van der Waals surface area contributed by atoms with Crippen LogP contribution in [-0.4, -0.2) is 32.0 Å². The minimum absolute atomic E-state index is 0.0134. The van der Waals surface area contributed by atoms with Gasteiger partial charge in [-0.15, -0.1) is 0 Å². The highest BCUT2D eigenvalue weighted by atomic mass is 79.9. The quantitative estimate of drug-likeness (QED) is 0.375. The van der Waals surface area contributed by atoms with E-state index in [4.69, 9.17) is 9.47 Å². The van der Waals surface area contributed by atoms with E-state index in [9.17, 15) is 17.9 Å². The number of aliphatic hydroxyl groups is 1. The molecule has 0 aliphatic heterocycles. The van der Waals surface area contributed by atoms with Crippen molar-refractivity contribution < 1.29 is 27.4 Å². The molecule has 0 saturated heterocycles. The van der Waals surface area contributed by atoms with Crippen molar-refractivity contribution in [3.05, 3.63) is 93.7 Å². The summed E-state index contributed by atoms with van der Waals surface area (Å²) in [5.74, 6) is 0.752. The number of ether oxygens (including phenoxy) is 2. The third-order valence-corrected chi connectivity index (χ3v) is 8.59. The van der Waals surface area contributed by atoms with Crippen LogP contribution in [0.25, 0.3) is 0 Å². The van der Waals surface area contributed by atoms with Crippen LogP contribution in [0.2, 0.25) is 0 Å². The van der Waals surface area contributed by atoms with Gasteiger partial charge in [0, 0.05) is 23.1 Å². The van der Waals surface area contributed by atoms with Gasteiger partial charge in [0.25, 0.3) is 0 Å². The molecule has 0 aromatic heterocycles. The molecule has 3 aromatic rings. The van der Waals surface area contributed by atoms with E-state index in [2.05, 4.69) is 15.9 Å². The maximum absolute atomic E-state index is 14.0. The van der Waals surface area contributed by atoms with Crippen LogP contribution >= 0.6 is 15.9 Å². The fraction of sp³-hybridized carbons (Fsp3) is 0.280. The molecule has 6 nitrogen and oxygen atoms in total. The van der Waals surface area contributed by atoms with Gasteiger partial charge < -0.3 is 14.6 Å². The molecule has 0 radical (unpaired) electrons. The summed E-state index contributed by atoms with van der Waals surface area (Å²) < 4.78 is 53.5. The predicted molar refractivity (Wildman–Crippen MR) is 132 cm³/mol. The number of hydrogen-bond donors (Lipinski definition) is 1. The van der Waals surface area contributed by atoms with Gasteiger partial charge in [0.2, 0.25) is 15.0 Å². The molecule has 9 heteroatoms. The first-order valence-corrected chi connectivity index (χ1v) is 12.8. The molecule has 0 amide bonds. The van der Waals surface area contributed by atoms with Crippen LogP contribution in [0.5, 0.6) is 11.5 Å². The van der Waals surface area contributed by atoms with Crippen LogP contribution in [0.1, 0.15) is 30.0 Å². The molecule has 0 aliphatic carbocycles. The normalized spacial score (nSPS) is 13.5. The van der Waals surface area contributed by atoms with Crippen molar-refractivity contribution >= 4 is 26.0 Å². The smallest absolute Gasteiger partial charge is 0.249 e. The van der Waals surface area contributed by atoms with Gasteiger partial charge in [0.15, 0.2) is 0 Å². The zero-order valence-corrected chi connectivity index (χ0v) is 21.6. The van der Waals surface area contributed by atoms with E-state index in [1.165, 1.54) is 10.4 Å². The third-order valence-electron chi connectivity index (χ3n) is 5.63. The molecule has 0 spiro atoms. The van der Waals surface area contributed by atoms with E-state index >= 15 is 0 Å². The van der Waals surface area contributed by atoms with E-state index in [1.54, 1.807) is 69.7 Å². The average Bonchev–Trinajstić information content (AvgIpc) is 2.84. The minimum atomic E-state index is -4.35. The molecule has 34 heavy (non-hydrogen) atoms. The monoisotopic (exact) mass is 551 g/mol. The molecule has 1 atom stereocenters. The summed E-state index contributed by atoms with van der Waals surface area (Å²) in [6.07, 6.45) is -0.138. The van der Waals surface area contributed by atoms with Crippen molar-refractivity contribution in [2.24, 2.45) is 0 Å². The fourth-order valence-electron chi connectivity index (χ4n) is 3.63. The molecule has 0 aliphatic rings. The average molecular weight is 552 g/mol. The Bertz CT molecular complexity index is 1170. The Labute approximate surface area is 208 Å². The van der Waals surface area contributed by atoms with Crippen LogP contribution in [0, 0.1) is 5.82 Å². The molecular formula is C25H27BrFNO5S. The van der Waals surface area contributed by atoms with Crippen molar-refractivity contribution in [3.8, 4) is 11.5 Å². The molecule has 0 heterocycles. The summed E-state index contributed by atoms with van der Waals surface area (Å²) in [5.41, 5.74) is 1.51. The molecule has 0 fully saturated rings. The highest BCUT2D eigenvalue weighted by Crippen LogP contribution is 2.39. The Morgan fingerprint density at radius 3 is 1.76 bits per heavy atom. The zero-order valence-electron chi connectivity index (χ0n) is 19.2. The van der Waals surface area contributed by atoms with Crippen LogP contribution in [0.3, 0.4) is 0 Å². The summed E-state index contributed by atoms with van der Waals surface area (Å²) in [6.45, 7) is 1.60. The topological polar surface area (TPSA) is 76.1 Å². The number of nitrogens with zero attached hydrogens (tertiary/aromatic N) is 1. The number of sulfonamides is 1. The molecule has 0 saturated carbocycles. The second kappa shape index (κ2) is 10.9. The lowest BCUT2D eigenvalue weighted by Crippen LogP contribution is -2.45. The van der Waals surface area contributed by atoms with E-state index in [0.29, 0.717) is 11.5 Å². The Morgan fingerprint density at radius 2 is 1.38 bits per heavy atom. The van der Waals surface area contributed by atoms with E-state index in [1.807, 2.05) is 0 Å². The molecule has 3 rings (SSSR count). The predicted octanol–water partition coefficient (Wildman–Crippen LogP) is 5.19. The number of hydrogen-bond acceptors (Lipinski definition) is 5. The minimum Gasteiger partial charge on any atom is -0.497 e. The maximum atomic E-state index is 14.0. The van der Waals surface area contributed by atoms with Crippen LogP contribution in [0.15, 0.2) is 71.2 Å². The molecule has 1 N–H and O–H groups in total. The third kappa shape index (κ3) is 5.43. The zero-order chi connectivity index (χ0) is 24.9. The molecule has 0 bridgehead atoms. The molecular weight excluding hydrogens is 525 g/mol.